The van der Waals surface area contributed by atoms with E-state index in [0.29, 0.717) is 6.54 Å². The molecule has 0 aromatic carbocycles. The lowest BCUT2D eigenvalue weighted by molar-refractivity contribution is 0.0523. The van der Waals surface area contributed by atoms with Crippen LogP contribution >= 0.6 is 23.2 Å². The van der Waals surface area contributed by atoms with Crippen molar-refractivity contribution in [1.82, 2.24) is 14.7 Å². The maximum absolute atomic E-state index is 12.7. The smallest absolute Gasteiger partial charge is 0.308 e. The van der Waals surface area contributed by atoms with Gasteiger partial charge in [-0.15, -0.1) is 0 Å². The van der Waals surface area contributed by atoms with Gasteiger partial charge in [0.1, 0.15) is 5.69 Å². The van der Waals surface area contributed by atoms with Crippen molar-refractivity contribution < 1.29 is 13.6 Å². The highest BCUT2D eigenvalue weighted by Gasteiger charge is 2.40. The quantitative estimate of drug-likeness (QED) is 0.614. The van der Waals surface area contributed by atoms with Crippen molar-refractivity contribution >= 4 is 29.0 Å². The standard InChI is InChI=1S/C9H11Cl2F2N3O/c1-15(2)3-4-16-7(6(10)5-14-16)8(17)9(11,12)13/h5H,3-4H2,1-2H3. The minimum Gasteiger partial charge on any atom is -0.308 e. The third-order valence-corrected chi connectivity index (χ3v) is 2.47. The van der Waals surface area contributed by atoms with E-state index < -0.39 is 11.2 Å². The first-order valence-electron chi connectivity index (χ1n) is 4.71. The number of Topliss-reactive ketones (excluding diaryl/α,β-unsaturated/α-hetero) is 1. The Kier molecular flexibility index (Phi) is 4.46. The molecule has 0 radical (unpaired) electrons. The Morgan fingerprint density at radius 2 is 2.18 bits per heavy atom. The van der Waals surface area contributed by atoms with Crippen LogP contribution < -0.4 is 0 Å². The van der Waals surface area contributed by atoms with Gasteiger partial charge in [0.2, 0.25) is 0 Å². The summed E-state index contributed by atoms with van der Waals surface area (Å²) in [5.41, 5.74) is -0.367. The number of hydrogen-bond acceptors (Lipinski definition) is 3. The summed E-state index contributed by atoms with van der Waals surface area (Å²) in [6.07, 6.45) is 1.15. The SMILES string of the molecule is CN(C)CCn1ncc(Cl)c1C(=O)C(F)(F)Cl. The number of likely N-dealkylation sites (N-methyl/N-ethyl adjacent to an activating group) is 1. The number of carbonyl (C=O) groups excluding carboxylic acids is 1. The molecule has 0 unspecified atom stereocenters. The van der Waals surface area contributed by atoms with Crippen LogP contribution in [0.4, 0.5) is 8.78 Å². The molecule has 8 heteroatoms. The number of alkyl halides is 3. The molecule has 0 atom stereocenters. The van der Waals surface area contributed by atoms with E-state index in [4.69, 9.17) is 11.6 Å². The van der Waals surface area contributed by atoms with Gasteiger partial charge >= 0.3 is 5.38 Å². The van der Waals surface area contributed by atoms with E-state index in [1.165, 1.54) is 0 Å². The maximum Gasteiger partial charge on any atom is 0.386 e. The fourth-order valence-corrected chi connectivity index (χ4v) is 1.50. The van der Waals surface area contributed by atoms with E-state index in [0.717, 1.165) is 10.9 Å². The van der Waals surface area contributed by atoms with Crippen LogP contribution in [0.25, 0.3) is 0 Å². The Balaban J connectivity index is 2.98. The molecule has 17 heavy (non-hydrogen) atoms. The van der Waals surface area contributed by atoms with Crippen molar-refractivity contribution in [2.24, 2.45) is 0 Å². The van der Waals surface area contributed by atoms with Gasteiger partial charge in [0.05, 0.1) is 17.8 Å². The lowest BCUT2D eigenvalue weighted by Gasteiger charge is -2.13. The van der Waals surface area contributed by atoms with Crippen LogP contribution in [0.15, 0.2) is 6.20 Å². The summed E-state index contributed by atoms with van der Waals surface area (Å²) in [4.78, 5) is 13.2. The van der Waals surface area contributed by atoms with Gasteiger partial charge in [-0.05, 0) is 25.7 Å². The van der Waals surface area contributed by atoms with Gasteiger partial charge in [-0.3, -0.25) is 9.48 Å². The van der Waals surface area contributed by atoms with Gasteiger partial charge in [0, 0.05) is 6.54 Å². The largest absolute Gasteiger partial charge is 0.386 e. The molecule has 0 spiro atoms. The van der Waals surface area contributed by atoms with Gasteiger partial charge in [-0.2, -0.15) is 13.9 Å². The zero-order valence-electron chi connectivity index (χ0n) is 9.25. The molecule has 1 rings (SSSR count). The van der Waals surface area contributed by atoms with Crippen molar-refractivity contribution in [3.05, 3.63) is 16.9 Å². The van der Waals surface area contributed by atoms with Crippen molar-refractivity contribution in [1.29, 1.82) is 0 Å². The molecule has 0 aliphatic rings. The molecule has 0 fully saturated rings. The molecule has 1 heterocycles. The Bertz CT molecular complexity index is 415. The van der Waals surface area contributed by atoms with E-state index in [-0.39, 0.29) is 17.3 Å². The molecule has 0 aliphatic heterocycles. The number of aromatic nitrogens is 2. The van der Waals surface area contributed by atoms with Crippen LogP contribution in [-0.4, -0.2) is 46.5 Å². The first-order chi connectivity index (χ1) is 7.73. The predicted molar refractivity (Wildman–Crippen MR) is 60.9 cm³/mol. The monoisotopic (exact) mass is 285 g/mol. The molecule has 0 bridgehead atoms. The average molecular weight is 286 g/mol. The van der Waals surface area contributed by atoms with E-state index in [1.54, 1.807) is 0 Å². The Hall–Kier alpha value is -0.720. The van der Waals surface area contributed by atoms with Crippen LogP contribution in [0.1, 0.15) is 10.5 Å². The summed E-state index contributed by atoms with van der Waals surface area (Å²) >= 11 is 10.3. The van der Waals surface area contributed by atoms with Crippen LogP contribution in [0.3, 0.4) is 0 Å². The molecule has 1 aromatic rings. The summed E-state index contributed by atoms with van der Waals surface area (Å²) in [6, 6.07) is 0. The zero-order chi connectivity index (χ0) is 13.2. The lowest BCUT2D eigenvalue weighted by atomic mass is 10.3. The summed E-state index contributed by atoms with van der Waals surface area (Å²) < 4.78 is 26.6. The lowest BCUT2D eigenvalue weighted by Crippen LogP contribution is -2.27. The molecule has 4 nitrogen and oxygen atoms in total. The first kappa shape index (κ1) is 14.3. The van der Waals surface area contributed by atoms with Crippen LogP contribution in [0, 0.1) is 0 Å². The Morgan fingerprint density at radius 3 is 2.65 bits per heavy atom. The van der Waals surface area contributed by atoms with Gasteiger partial charge in [-0.25, -0.2) is 0 Å². The van der Waals surface area contributed by atoms with Gasteiger partial charge in [-0.1, -0.05) is 11.6 Å². The van der Waals surface area contributed by atoms with Crippen molar-refractivity contribution in [3.63, 3.8) is 0 Å². The summed E-state index contributed by atoms with van der Waals surface area (Å²) in [5, 5.41) is -0.336. The number of hydrogen-bond donors (Lipinski definition) is 0. The number of ketones is 1. The molecule has 0 aliphatic carbocycles. The third-order valence-electron chi connectivity index (χ3n) is 2.03. The highest BCUT2D eigenvalue weighted by Crippen LogP contribution is 2.28. The molecule has 0 N–H and O–H groups in total. The normalized spacial score (nSPS) is 12.2. The summed E-state index contributed by atoms with van der Waals surface area (Å²) in [6.45, 7) is 0.805. The zero-order valence-corrected chi connectivity index (χ0v) is 10.8. The topological polar surface area (TPSA) is 38.1 Å². The van der Waals surface area contributed by atoms with Crippen molar-refractivity contribution in [2.75, 3.05) is 20.6 Å². The third kappa shape index (κ3) is 3.62. The summed E-state index contributed by atoms with van der Waals surface area (Å²) in [7, 11) is 3.62. The van der Waals surface area contributed by atoms with E-state index in [1.807, 2.05) is 19.0 Å². The fraction of sp³-hybridized carbons (Fsp3) is 0.556. The summed E-state index contributed by atoms with van der Waals surface area (Å²) in [5.74, 6) is -1.54. The second kappa shape index (κ2) is 5.29. The fourth-order valence-electron chi connectivity index (χ4n) is 1.19. The van der Waals surface area contributed by atoms with Gasteiger partial charge in [0.15, 0.2) is 0 Å². The first-order valence-corrected chi connectivity index (χ1v) is 5.46. The second-order valence-electron chi connectivity index (χ2n) is 3.69. The number of halogens is 4. The Labute approximate surface area is 107 Å². The second-order valence-corrected chi connectivity index (χ2v) is 4.58. The van der Waals surface area contributed by atoms with Crippen molar-refractivity contribution in [2.45, 2.75) is 11.9 Å². The molecular weight excluding hydrogens is 275 g/mol. The van der Waals surface area contributed by atoms with Crippen molar-refractivity contribution in [3.8, 4) is 0 Å². The number of nitrogens with zero attached hydrogens (tertiary/aromatic N) is 3. The number of carbonyl (C=O) groups is 1. The highest BCUT2D eigenvalue weighted by atomic mass is 35.5. The van der Waals surface area contributed by atoms with E-state index >= 15 is 0 Å². The molecule has 1 aromatic heterocycles. The van der Waals surface area contributed by atoms with E-state index in [2.05, 4.69) is 16.7 Å². The van der Waals surface area contributed by atoms with E-state index in [9.17, 15) is 13.6 Å². The molecular formula is C9H11Cl2F2N3O. The van der Waals surface area contributed by atoms with Gasteiger partial charge in [0.25, 0.3) is 5.78 Å². The van der Waals surface area contributed by atoms with Crippen LogP contribution in [0.2, 0.25) is 5.02 Å². The molecule has 96 valence electrons. The Morgan fingerprint density at radius 1 is 1.59 bits per heavy atom. The minimum absolute atomic E-state index is 0.130. The maximum atomic E-state index is 12.7. The average Bonchev–Trinajstić information content (AvgIpc) is 2.54. The molecule has 0 amide bonds. The molecule has 0 saturated heterocycles. The van der Waals surface area contributed by atoms with Gasteiger partial charge < -0.3 is 4.90 Å². The highest BCUT2D eigenvalue weighted by molar-refractivity contribution is 6.39. The number of rotatable bonds is 5. The minimum atomic E-state index is -3.97. The van der Waals surface area contributed by atoms with Crippen LogP contribution in [-0.2, 0) is 6.54 Å². The van der Waals surface area contributed by atoms with Crippen LogP contribution in [0.5, 0.6) is 0 Å². The molecule has 0 saturated carbocycles. The predicted octanol–water partition coefficient (Wildman–Crippen LogP) is 2.11.